The summed E-state index contributed by atoms with van der Waals surface area (Å²) in [5, 5.41) is 2.65. The maximum absolute atomic E-state index is 14.0. The van der Waals surface area contributed by atoms with Gasteiger partial charge in [0.25, 0.3) is 0 Å². The highest BCUT2D eigenvalue weighted by molar-refractivity contribution is 7.80. The van der Waals surface area contributed by atoms with E-state index in [0.717, 1.165) is 12.1 Å². The van der Waals surface area contributed by atoms with Gasteiger partial charge in [0, 0.05) is 18.7 Å². The van der Waals surface area contributed by atoms with E-state index in [2.05, 4.69) is 17.5 Å². The van der Waals surface area contributed by atoms with Gasteiger partial charge in [-0.2, -0.15) is 0 Å². The minimum Gasteiger partial charge on any atom is -0.389 e. The van der Waals surface area contributed by atoms with Crippen LogP contribution in [0.4, 0.5) is 14.5 Å². The van der Waals surface area contributed by atoms with Gasteiger partial charge in [-0.1, -0.05) is 12.2 Å². The summed E-state index contributed by atoms with van der Waals surface area (Å²) in [6.07, 6.45) is 0.627. The molecule has 0 unspecified atom stereocenters. The molecule has 19 heavy (non-hydrogen) atoms. The van der Waals surface area contributed by atoms with Crippen molar-refractivity contribution < 1.29 is 13.6 Å². The molecule has 0 radical (unpaired) electrons. The molecule has 102 valence electrons. The second-order valence-corrected chi connectivity index (χ2v) is 4.72. The minimum atomic E-state index is -0.766. The van der Waals surface area contributed by atoms with Crippen LogP contribution in [0.15, 0.2) is 12.1 Å². The highest BCUT2D eigenvalue weighted by atomic mass is 32.1. The van der Waals surface area contributed by atoms with E-state index in [1.165, 1.54) is 4.90 Å². The molecule has 1 aliphatic rings. The summed E-state index contributed by atoms with van der Waals surface area (Å²) >= 11 is 4.69. The first-order chi connectivity index (χ1) is 8.99. The third-order valence-electron chi connectivity index (χ3n) is 2.88. The topological polar surface area (TPSA) is 58.4 Å². The van der Waals surface area contributed by atoms with E-state index in [0.29, 0.717) is 19.5 Å². The molecule has 1 heterocycles. The first-order valence-electron chi connectivity index (χ1n) is 5.79. The molecule has 0 atom stereocenters. The molecule has 1 fully saturated rings. The predicted molar refractivity (Wildman–Crippen MR) is 72.1 cm³/mol. The van der Waals surface area contributed by atoms with Gasteiger partial charge in [0.15, 0.2) is 0 Å². The third-order valence-corrected chi connectivity index (χ3v) is 3.11. The van der Waals surface area contributed by atoms with E-state index in [-0.39, 0.29) is 28.7 Å². The fourth-order valence-electron chi connectivity index (χ4n) is 2.01. The zero-order valence-electron chi connectivity index (χ0n) is 10.1. The number of carbonyl (C=O) groups is 1. The summed E-state index contributed by atoms with van der Waals surface area (Å²) in [5.41, 5.74) is 5.27. The van der Waals surface area contributed by atoms with Crippen LogP contribution in [0.2, 0.25) is 0 Å². The van der Waals surface area contributed by atoms with Gasteiger partial charge in [-0.05, 0) is 18.6 Å². The molecule has 0 bridgehead atoms. The predicted octanol–water partition coefficient (Wildman–Crippen LogP) is 0.925. The Bertz CT molecular complexity index is 513. The Morgan fingerprint density at radius 2 is 2.00 bits per heavy atom. The normalized spacial score (nSPS) is 15.9. The zero-order valence-corrected chi connectivity index (χ0v) is 10.9. The van der Waals surface area contributed by atoms with E-state index in [1.54, 1.807) is 0 Å². The van der Waals surface area contributed by atoms with Crippen molar-refractivity contribution in [1.29, 1.82) is 0 Å². The number of nitrogens with two attached hydrogens (primary N) is 1. The third kappa shape index (κ3) is 2.98. The number of anilines is 1. The number of hydrogen-bond donors (Lipinski definition) is 2. The summed E-state index contributed by atoms with van der Waals surface area (Å²) in [7, 11) is 0. The van der Waals surface area contributed by atoms with Crippen LogP contribution in [-0.2, 0) is 4.79 Å². The van der Waals surface area contributed by atoms with Gasteiger partial charge in [-0.3, -0.25) is 4.79 Å². The van der Waals surface area contributed by atoms with Gasteiger partial charge < -0.3 is 16.0 Å². The number of thiocarbonyl (C=S) groups is 1. The molecule has 0 aliphatic carbocycles. The van der Waals surface area contributed by atoms with E-state index >= 15 is 0 Å². The molecule has 4 nitrogen and oxygen atoms in total. The van der Waals surface area contributed by atoms with E-state index in [4.69, 9.17) is 5.73 Å². The summed E-state index contributed by atoms with van der Waals surface area (Å²) < 4.78 is 28.0. The molecule has 1 aromatic carbocycles. The van der Waals surface area contributed by atoms with Crippen LogP contribution in [0.5, 0.6) is 0 Å². The Labute approximate surface area is 114 Å². The smallest absolute Gasteiger partial charge is 0.239 e. The van der Waals surface area contributed by atoms with Crippen molar-refractivity contribution in [3.63, 3.8) is 0 Å². The lowest BCUT2D eigenvalue weighted by Crippen LogP contribution is -2.34. The molecule has 0 aromatic heterocycles. The number of nitrogens with one attached hydrogen (secondary N) is 1. The molecule has 2 rings (SSSR count). The van der Waals surface area contributed by atoms with Crippen LogP contribution in [0.3, 0.4) is 0 Å². The van der Waals surface area contributed by atoms with Crippen molar-refractivity contribution in [2.24, 2.45) is 5.73 Å². The van der Waals surface area contributed by atoms with Crippen LogP contribution < -0.4 is 16.0 Å². The van der Waals surface area contributed by atoms with Crippen molar-refractivity contribution in [1.82, 2.24) is 5.32 Å². The van der Waals surface area contributed by atoms with E-state index in [1.807, 2.05) is 0 Å². The quantitative estimate of drug-likeness (QED) is 0.794. The monoisotopic (exact) mass is 285 g/mol. The molecule has 1 amide bonds. The molecule has 1 aromatic rings. The minimum absolute atomic E-state index is 0.0692. The van der Waals surface area contributed by atoms with Crippen molar-refractivity contribution in [2.75, 3.05) is 24.5 Å². The second kappa shape index (κ2) is 5.48. The van der Waals surface area contributed by atoms with Gasteiger partial charge in [0.2, 0.25) is 5.91 Å². The number of carbonyl (C=O) groups excluding carboxylic acids is 1. The number of rotatable bonds is 2. The lowest BCUT2D eigenvalue weighted by Gasteiger charge is -2.22. The summed E-state index contributed by atoms with van der Waals surface area (Å²) in [5.74, 6) is -1.79. The molecule has 7 heteroatoms. The van der Waals surface area contributed by atoms with Gasteiger partial charge in [-0.25, -0.2) is 8.78 Å². The summed E-state index contributed by atoms with van der Waals surface area (Å²) in [6.45, 7) is 0.836. The van der Waals surface area contributed by atoms with Crippen molar-refractivity contribution in [2.45, 2.75) is 6.42 Å². The largest absolute Gasteiger partial charge is 0.389 e. The van der Waals surface area contributed by atoms with Crippen LogP contribution in [-0.4, -0.2) is 30.5 Å². The Hall–Kier alpha value is -1.76. The average molecular weight is 285 g/mol. The van der Waals surface area contributed by atoms with Crippen LogP contribution in [0.25, 0.3) is 0 Å². The maximum atomic E-state index is 14.0. The maximum Gasteiger partial charge on any atom is 0.239 e. The first kappa shape index (κ1) is 13.7. The van der Waals surface area contributed by atoms with E-state index < -0.39 is 11.6 Å². The highest BCUT2D eigenvalue weighted by Gasteiger charge is 2.22. The van der Waals surface area contributed by atoms with E-state index in [9.17, 15) is 13.6 Å². The molecule has 0 spiro atoms. The number of amides is 1. The Kier molecular flexibility index (Phi) is 3.94. The van der Waals surface area contributed by atoms with Crippen molar-refractivity contribution in [3.05, 3.63) is 29.3 Å². The van der Waals surface area contributed by atoms with Crippen LogP contribution >= 0.6 is 12.2 Å². The standard InChI is InChI=1S/C12H13F2N3OS/c13-8-4-7(12(15)19)5-9(14)11(8)17-3-1-2-16-10(18)6-17/h4-5H,1-3,6H2,(H2,15,19)(H,16,18). The average Bonchev–Trinajstić information content (AvgIpc) is 2.53. The Morgan fingerprint density at radius 1 is 1.37 bits per heavy atom. The fourth-order valence-corrected chi connectivity index (χ4v) is 2.12. The second-order valence-electron chi connectivity index (χ2n) is 4.28. The molecule has 1 aliphatic heterocycles. The van der Waals surface area contributed by atoms with Crippen LogP contribution in [0, 0.1) is 11.6 Å². The SMILES string of the molecule is NC(=S)c1cc(F)c(N2CCCNC(=O)C2)c(F)c1. The zero-order chi connectivity index (χ0) is 14.0. The summed E-state index contributed by atoms with van der Waals surface area (Å²) in [6, 6.07) is 2.17. The van der Waals surface area contributed by atoms with Gasteiger partial charge in [-0.15, -0.1) is 0 Å². The highest BCUT2D eigenvalue weighted by Crippen LogP contribution is 2.25. The first-order valence-corrected chi connectivity index (χ1v) is 6.20. The lowest BCUT2D eigenvalue weighted by molar-refractivity contribution is -0.119. The van der Waals surface area contributed by atoms with Crippen molar-refractivity contribution >= 4 is 28.8 Å². The fraction of sp³-hybridized carbons (Fsp3) is 0.333. The summed E-state index contributed by atoms with van der Waals surface area (Å²) in [4.78, 5) is 12.7. The van der Waals surface area contributed by atoms with Gasteiger partial charge in [0.1, 0.15) is 22.3 Å². The van der Waals surface area contributed by atoms with Gasteiger partial charge in [0.05, 0.1) is 6.54 Å². The lowest BCUT2D eigenvalue weighted by atomic mass is 10.1. The van der Waals surface area contributed by atoms with Crippen molar-refractivity contribution in [3.8, 4) is 0 Å². The Morgan fingerprint density at radius 3 is 2.58 bits per heavy atom. The molecule has 0 saturated carbocycles. The van der Waals surface area contributed by atoms with Gasteiger partial charge >= 0.3 is 0 Å². The molecular weight excluding hydrogens is 272 g/mol. The molecule has 3 N–H and O–H groups in total. The number of nitrogens with zero attached hydrogens (tertiary/aromatic N) is 1. The number of hydrogen-bond acceptors (Lipinski definition) is 3. The Balaban J connectivity index is 2.38. The number of halogens is 2. The molecule has 1 saturated heterocycles. The molecular formula is C12H13F2N3OS. The number of benzene rings is 1. The van der Waals surface area contributed by atoms with Crippen LogP contribution in [0.1, 0.15) is 12.0 Å².